The van der Waals surface area contributed by atoms with Gasteiger partial charge in [-0.2, -0.15) is 0 Å². The van der Waals surface area contributed by atoms with Crippen LogP contribution >= 0.6 is 11.6 Å². The first-order valence-corrected chi connectivity index (χ1v) is 7.64. The molecule has 1 aromatic carbocycles. The molecule has 0 aliphatic carbocycles. The van der Waals surface area contributed by atoms with Gasteiger partial charge in [-0.25, -0.2) is 13.1 Å². The highest BCUT2D eigenvalue weighted by atomic mass is 35.5. The predicted octanol–water partition coefficient (Wildman–Crippen LogP) is 1.54. The van der Waals surface area contributed by atoms with E-state index in [0.29, 0.717) is 11.6 Å². The van der Waals surface area contributed by atoms with Gasteiger partial charge in [0.05, 0.1) is 15.6 Å². The largest absolute Gasteiger partial charge is 0.397 e. The Bertz CT molecular complexity index is 556. The minimum Gasteiger partial charge on any atom is -0.397 e. The second kappa shape index (κ2) is 5.66. The van der Waals surface area contributed by atoms with E-state index in [1.165, 1.54) is 18.2 Å². The third-order valence-electron chi connectivity index (χ3n) is 3.18. The fourth-order valence-corrected chi connectivity index (χ4v) is 2.56. The fourth-order valence-electron chi connectivity index (χ4n) is 1.20. The Labute approximate surface area is 119 Å². The molecule has 1 aromatic rings. The van der Waals surface area contributed by atoms with E-state index in [0.717, 1.165) is 0 Å². The second-order valence-electron chi connectivity index (χ2n) is 5.21. The smallest absolute Gasteiger partial charge is 0.240 e. The third kappa shape index (κ3) is 4.07. The van der Waals surface area contributed by atoms with Gasteiger partial charge in [-0.3, -0.25) is 0 Å². The van der Waals surface area contributed by atoms with Gasteiger partial charge in [0, 0.05) is 12.1 Å². The van der Waals surface area contributed by atoms with Gasteiger partial charge in [0.2, 0.25) is 10.0 Å². The zero-order valence-corrected chi connectivity index (χ0v) is 13.1. The van der Waals surface area contributed by atoms with Gasteiger partial charge >= 0.3 is 0 Å². The van der Waals surface area contributed by atoms with Crippen molar-refractivity contribution in [2.24, 2.45) is 0 Å². The van der Waals surface area contributed by atoms with Crippen LogP contribution in [-0.4, -0.2) is 39.5 Å². The number of benzene rings is 1. The molecule has 0 aromatic heterocycles. The van der Waals surface area contributed by atoms with Crippen molar-refractivity contribution >= 4 is 27.3 Å². The molecule has 0 atom stereocenters. The van der Waals surface area contributed by atoms with E-state index < -0.39 is 10.0 Å². The molecule has 0 amide bonds. The summed E-state index contributed by atoms with van der Waals surface area (Å²) in [5.74, 6) is 0. The van der Waals surface area contributed by atoms with Crippen molar-refractivity contribution in [1.82, 2.24) is 9.62 Å². The molecule has 0 bridgehead atoms. The Morgan fingerprint density at radius 2 is 1.95 bits per heavy atom. The first-order chi connectivity index (χ1) is 8.56. The van der Waals surface area contributed by atoms with Crippen LogP contribution in [0.25, 0.3) is 0 Å². The SMILES string of the molecule is CN(C)C(C)(C)CNS(=O)(=O)c1ccc(Cl)c(N)c1. The number of nitrogens with one attached hydrogen (secondary N) is 1. The van der Waals surface area contributed by atoms with E-state index in [1.807, 2.05) is 32.8 Å². The standard InChI is InChI=1S/C12H20ClN3O2S/c1-12(2,16(3)4)8-15-19(17,18)9-5-6-10(13)11(14)7-9/h5-7,15H,8,14H2,1-4H3. The number of rotatable bonds is 5. The number of anilines is 1. The summed E-state index contributed by atoms with van der Waals surface area (Å²) in [5, 5.41) is 0.340. The van der Waals surface area contributed by atoms with E-state index in [2.05, 4.69) is 4.72 Å². The Hall–Kier alpha value is -0.820. The van der Waals surface area contributed by atoms with Crippen molar-refractivity contribution in [1.29, 1.82) is 0 Å². The normalized spacial score (nSPS) is 12.9. The van der Waals surface area contributed by atoms with E-state index in [9.17, 15) is 8.42 Å². The van der Waals surface area contributed by atoms with Crippen LogP contribution in [-0.2, 0) is 10.0 Å². The summed E-state index contributed by atoms with van der Waals surface area (Å²) >= 11 is 5.78. The quantitative estimate of drug-likeness (QED) is 0.809. The Morgan fingerprint density at radius 1 is 1.37 bits per heavy atom. The maximum atomic E-state index is 12.1. The fraction of sp³-hybridized carbons (Fsp3) is 0.500. The lowest BCUT2D eigenvalue weighted by Gasteiger charge is -2.32. The van der Waals surface area contributed by atoms with Crippen LogP contribution in [0.5, 0.6) is 0 Å². The van der Waals surface area contributed by atoms with E-state index in [1.54, 1.807) is 0 Å². The Kier molecular flexibility index (Phi) is 4.84. The average Bonchev–Trinajstić information content (AvgIpc) is 2.30. The summed E-state index contributed by atoms with van der Waals surface area (Å²) in [7, 11) is 0.213. The van der Waals surface area contributed by atoms with Crippen LogP contribution in [0.1, 0.15) is 13.8 Å². The van der Waals surface area contributed by atoms with Gasteiger partial charge in [0.25, 0.3) is 0 Å². The highest BCUT2D eigenvalue weighted by molar-refractivity contribution is 7.89. The molecule has 108 valence electrons. The van der Waals surface area contributed by atoms with E-state index >= 15 is 0 Å². The number of halogens is 1. The first-order valence-electron chi connectivity index (χ1n) is 5.78. The van der Waals surface area contributed by atoms with Crippen LogP contribution in [0.3, 0.4) is 0 Å². The molecular formula is C12H20ClN3O2S. The van der Waals surface area contributed by atoms with Crippen molar-refractivity contribution in [2.45, 2.75) is 24.3 Å². The Morgan fingerprint density at radius 3 is 2.42 bits per heavy atom. The average molecular weight is 306 g/mol. The van der Waals surface area contributed by atoms with Crippen molar-refractivity contribution in [2.75, 3.05) is 26.4 Å². The minimum absolute atomic E-state index is 0.115. The zero-order chi connectivity index (χ0) is 14.8. The topological polar surface area (TPSA) is 75.4 Å². The van der Waals surface area contributed by atoms with E-state index in [-0.39, 0.29) is 16.1 Å². The zero-order valence-electron chi connectivity index (χ0n) is 11.6. The van der Waals surface area contributed by atoms with Crippen LogP contribution < -0.4 is 10.5 Å². The predicted molar refractivity (Wildman–Crippen MR) is 78.8 cm³/mol. The summed E-state index contributed by atoms with van der Waals surface area (Å²) in [4.78, 5) is 2.06. The monoisotopic (exact) mass is 305 g/mol. The second-order valence-corrected chi connectivity index (χ2v) is 7.39. The van der Waals surface area contributed by atoms with Gasteiger partial charge in [-0.1, -0.05) is 11.6 Å². The number of nitrogens with zero attached hydrogens (tertiary/aromatic N) is 1. The molecule has 0 radical (unpaired) electrons. The van der Waals surface area contributed by atoms with E-state index in [4.69, 9.17) is 17.3 Å². The lowest BCUT2D eigenvalue weighted by atomic mass is 10.1. The molecule has 0 heterocycles. The third-order valence-corrected chi connectivity index (χ3v) is 4.93. The molecule has 3 N–H and O–H groups in total. The molecule has 0 saturated carbocycles. The van der Waals surface area contributed by atoms with Crippen LogP contribution in [0.4, 0.5) is 5.69 Å². The number of hydrogen-bond acceptors (Lipinski definition) is 4. The molecule has 19 heavy (non-hydrogen) atoms. The van der Waals surface area contributed by atoms with Crippen LogP contribution in [0.15, 0.2) is 23.1 Å². The number of likely N-dealkylation sites (N-methyl/N-ethyl adjacent to an activating group) is 1. The molecule has 0 aliphatic heterocycles. The van der Waals surface area contributed by atoms with Crippen LogP contribution in [0.2, 0.25) is 5.02 Å². The van der Waals surface area contributed by atoms with Gasteiger partial charge in [-0.05, 0) is 46.1 Å². The summed E-state index contributed by atoms with van der Waals surface area (Å²) in [6.45, 7) is 4.20. The molecule has 0 spiro atoms. The summed E-state index contributed by atoms with van der Waals surface area (Å²) in [6.07, 6.45) is 0. The lowest BCUT2D eigenvalue weighted by Crippen LogP contribution is -2.48. The number of nitrogen functional groups attached to an aromatic ring is 1. The van der Waals surface area contributed by atoms with Gasteiger partial charge < -0.3 is 10.6 Å². The maximum Gasteiger partial charge on any atom is 0.240 e. The molecular weight excluding hydrogens is 286 g/mol. The first kappa shape index (κ1) is 16.2. The van der Waals surface area contributed by atoms with Gasteiger partial charge in [0.1, 0.15) is 0 Å². The number of sulfonamides is 1. The molecule has 5 nitrogen and oxygen atoms in total. The maximum absolute atomic E-state index is 12.1. The molecule has 0 fully saturated rings. The van der Waals surface area contributed by atoms with Crippen molar-refractivity contribution < 1.29 is 8.42 Å². The van der Waals surface area contributed by atoms with Gasteiger partial charge in [0.15, 0.2) is 0 Å². The minimum atomic E-state index is -3.58. The molecule has 0 saturated heterocycles. The van der Waals surface area contributed by atoms with Crippen molar-refractivity contribution in [3.05, 3.63) is 23.2 Å². The summed E-state index contributed by atoms with van der Waals surface area (Å²) in [5.41, 5.74) is 5.58. The van der Waals surface area contributed by atoms with Crippen molar-refractivity contribution in [3.63, 3.8) is 0 Å². The number of hydrogen-bond donors (Lipinski definition) is 2. The summed E-state index contributed by atoms with van der Waals surface area (Å²) < 4.78 is 26.8. The van der Waals surface area contributed by atoms with Gasteiger partial charge in [-0.15, -0.1) is 0 Å². The highest BCUT2D eigenvalue weighted by Gasteiger charge is 2.24. The lowest BCUT2D eigenvalue weighted by molar-refractivity contribution is 0.199. The highest BCUT2D eigenvalue weighted by Crippen LogP contribution is 2.22. The summed E-state index contributed by atoms with van der Waals surface area (Å²) in [6, 6.07) is 4.26. The molecule has 0 aliphatic rings. The number of nitrogens with two attached hydrogens (primary N) is 1. The molecule has 0 unspecified atom stereocenters. The Balaban J connectivity index is 2.90. The van der Waals surface area contributed by atoms with Crippen molar-refractivity contribution in [3.8, 4) is 0 Å². The molecule has 1 rings (SSSR count). The van der Waals surface area contributed by atoms with Crippen LogP contribution in [0, 0.1) is 0 Å². The molecule has 7 heteroatoms.